The Morgan fingerprint density at radius 1 is 0.308 bits per heavy atom. The molecule has 0 radical (unpaired) electrons. The van der Waals surface area contributed by atoms with E-state index in [1.807, 2.05) is 34.6 Å². The first-order valence-corrected chi connectivity index (χ1v) is 19.7. The van der Waals surface area contributed by atoms with Crippen LogP contribution in [-0.4, -0.2) is 55.4 Å². The molecule has 0 bridgehead atoms. The van der Waals surface area contributed by atoms with Crippen molar-refractivity contribution in [1.82, 2.24) is 0 Å². The van der Waals surface area contributed by atoms with Crippen LogP contribution in [0.5, 0.6) is 0 Å². The number of carboxylic acids is 5. The van der Waals surface area contributed by atoms with E-state index in [9.17, 15) is 24.0 Å². The molecule has 0 saturated carbocycles. The number of unbranched alkanes of at least 4 members (excludes halogenated alkanes) is 5. The summed E-state index contributed by atoms with van der Waals surface area (Å²) in [5.41, 5.74) is 0. The van der Waals surface area contributed by atoms with Crippen LogP contribution in [0.15, 0.2) is 0 Å². The van der Waals surface area contributed by atoms with Gasteiger partial charge in [0.2, 0.25) is 0 Å². The number of rotatable bonds is 25. The molecule has 10 nitrogen and oxygen atoms in total. The quantitative estimate of drug-likeness (QED) is 0.0554. The molecule has 0 spiro atoms. The first-order chi connectivity index (χ1) is 23.6. The molecule has 0 amide bonds. The molecular formula is C40H80Fe2O10. The SMILES string of the molecule is CCCCC(CC)C(=O)O.CCCCC(CC)C(=O)O.CCCCC(CC)C(=O)O.CCCCC(CC)C(=O)O.CCCCC(CC)C(=O)O.[Fe].[Fe]. The van der Waals surface area contributed by atoms with Crippen LogP contribution in [0.4, 0.5) is 0 Å². The van der Waals surface area contributed by atoms with Crippen LogP contribution < -0.4 is 0 Å². The summed E-state index contributed by atoms with van der Waals surface area (Å²) < 4.78 is 0. The molecule has 0 saturated heterocycles. The van der Waals surface area contributed by atoms with Crippen LogP contribution in [0.3, 0.4) is 0 Å². The van der Waals surface area contributed by atoms with E-state index in [0.29, 0.717) is 0 Å². The van der Waals surface area contributed by atoms with E-state index in [4.69, 9.17) is 25.5 Å². The van der Waals surface area contributed by atoms with Crippen LogP contribution in [0.25, 0.3) is 0 Å². The zero-order valence-corrected chi connectivity index (χ0v) is 36.7. The molecule has 0 aliphatic rings. The standard InChI is InChI=1S/5C8H16O2.2Fe/c5*1-3-5-6-7(4-2)8(9)10;;/h5*7H,3-6H2,1-2H3,(H,9,10);;. The van der Waals surface area contributed by atoms with Gasteiger partial charge in [-0.1, -0.05) is 133 Å². The third-order valence-electron chi connectivity index (χ3n) is 8.74. The molecule has 0 aromatic rings. The van der Waals surface area contributed by atoms with E-state index in [1.54, 1.807) is 0 Å². The minimum Gasteiger partial charge on any atom is -0.481 e. The molecule has 0 rings (SSSR count). The molecule has 316 valence electrons. The van der Waals surface area contributed by atoms with Crippen LogP contribution in [-0.2, 0) is 58.1 Å². The van der Waals surface area contributed by atoms with Crippen molar-refractivity contribution in [2.75, 3.05) is 0 Å². The number of carboxylic acid groups (broad SMARTS) is 5. The number of hydrogen-bond acceptors (Lipinski definition) is 5. The summed E-state index contributed by atoms with van der Waals surface area (Å²) in [7, 11) is 0. The van der Waals surface area contributed by atoms with Gasteiger partial charge >= 0.3 is 29.8 Å². The minimum atomic E-state index is -0.643. The van der Waals surface area contributed by atoms with Crippen LogP contribution >= 0.6 is 0 Å². The molecule has 0 aliphatic carbocycles. The molecule has 0 fully saturated rings. The van der Waals surface area contributed by atoms with Crippen molar-refractivity contribution in [3.63, 3.8) is 0 Å². The molecule has 12 heteroatoms. The number of hydrogen-bond donors (Lipinski definition) is 5. The van der Waals surface area contributed by atoms with Crippen LogP contribution in [0.1, 0.15) is 198 Å². The van der Waals surface area contributed by atoms with Gasteiger partial charge in [-0.3, -0.25) is 24.0 Å². The molecule has 0 heterocycles. The Kier molecular flexibility index (Phi) is 62.0. The Balaban J connectivity index is -0.0000000964. The minimum absolute atomic E-state index is 0. The maximum Gasteiger partial charge on any atom is 0.306 e. The van der Waals surface area contributed by atoms with Crippen molar-refractivity contribution < 1.29 is 83.6 Å². The largest absolute Gasteiger partial charge is 0.481 e. The average molecular weight is 833 g/mol. The van der Waals surface area contributed by atoms with Gasteiger partial charge < -0.3 is 25.5 Å². The average Bonchev–Trinajstić information content (AvgIpc) is 3.07. The Labute approximate surface area is 339 Å². The molecule has 0 aliphatic heterocycles. The third kappa shape index (κ3) is 46.4. The summed E-state index contributed by atoms with van der Waals surface area (Å²) in [4.78, 5) is 52.2. The van der Waals surface area contributed by atoms with Crippen molar-refractivity contribution in [3.05, 3.63) is 0 Å². The van der Waals surface area contributed by atoms with Gasteiger partial charge in [-0.05, 0) is 64.2 Å². The van der Waals surface area contributed by atoms with Gasteiger partial charge in [-0.25, -0.2) is 0 Å². The van der Waals surface area contributed by atoms with Gasteiger partial charge in [0.05, 0.1) is 29.6 Å². The van der Waals surface area contributed by atoms with Gasteiger partial charge in [-0.2, -0.15) is 0 Å². The second-order valence-electron chi connectivity index (χ2n) is 12.9. The third-order valence-corrected chi connectivity index (χ3v) is 8.74. The van der Waals surface area contributed by atoms with Crippen molar-refractivity contribution in [1.29, 1.82) is 0 Å². The Morgan fingerprint density at radius 2 is 0.423 bits per heavy atom. The molecule has 5 atom stereocenters. The van der Waals surface area contributed by atoms with Gasteiger partial charge in [0.15, 0.2) is 0 Å². The Bertz CT molecular complexity index is 660. The second kappa shape index (κ2) is 49.4. The summed E-state index contributed by atoms with van der Waals surface area (Å²) in [5, 5.41) is 43.0. The summed E-state index contributed by atoms with van der Waals surface area (Å²) >= 11 is 0. The maximum absolute atomic E-state index is 10.4. The fourth-order valence-electron chi connectivity index (χ4n) is 4.76. The van der Waals surface area contributed by atoms with E-state index in [2.05, 4.69) is 34.6 Å². The van der Waals surface area contributed by atoms with Gasteiger partial charge in [0, 0.05) is 34.1 Å². The maximum atomic E-state index is 10.4. The fourth-order valence-corrected chi connectivity index (χ4v) is 4.76. The van der Waals surface area contributed by atoms with E-state index < -0.39 is 29.8 Å². The zero-order valence-electron chi connectivity index (χ0n) is 34.5. The van der Waals surface area contributed by atoms with Gasteiger partial charge in [0.25, 0.3) is 0 Å². The summed E-state index contributed by atoms with van der Waals surface area (Å²) in [6.07, 6.45) is 18.6. The Morgan fingerprint density at radius 3 is 0.481 bits per heavy atom. The molecule has 52 heavy (non-hydrogen) atoms. The molecule has 5 N–H and O–H groups in total. The van der Waals surface area contributed by atoms with Crippen LogP contribution in [0.2, 0.25) is 0 Å². The first kappa shape index (κ1) is 65.3. The topological polar surface area (TPSA) is 186 Å². The van der Waals surface area contributed by atoms with E-state index in [1.165, 1.54) is 0 Å². The van der Waals surface area contributed by atoms with Crippen molar-refractivity contribution in [3.8, 4) is 0 Å². The normalized spacial score (nSPS) is 12.5. The number of aliphatic carboxylic acids is 5. The predicted molar refractivity (Wildman–Crippen MR) is 205 cm³/mol. The molecule has 0 aromatic heterocycles. The monoisotopic (exact) mass is 832 g/mol. The molecule has 5 unspecified atom stereocenters. The zero-order chi connectivity index (χ0) is 39.9. The second-order valence-corrected chi connectivity index (χ2v) is 12.9. The van der Waals surface area contributed by atoms with Crippen LogP contribution in [0, 0.1) is 29.6 Å². The first-order valence-electron chi connectivity index (χ1n) is 19.7. The summed E-state index contributed by atoms with van der Waals surface area (Å²) in [6, 6.07) is 0. The fraction of sp³-hybridized carbons (Fsp3) is 0.875. The van der Waals surface area contributed by atoms with E-state index >= 15 is 0 Å². The van der Waals surface area contributed by atoms with E-state index in [-0.39, 0.29) is 63.7 Å². The smallest absolute Gasteiger partial charge is 0.306 e. The summed E-state index contributed by atoms with van der Waals surface area (Å²) in [5.74, 6) is -3.77. The van der Waals surface area contributed by atoms with Crippen molar-refractivity contribution in [2.24, 2.45) is 29.6 Å². The van der Waals surface area contributed by atoms with Gasteiger partial charge in [-0.15, -0.1) is 0 Å². The van der Waals surface area contributed by atoms with Crippen molar-refractivity contribution in [2.45, 2.75) is 198 Å². The van der Waals surface area contributed by atoms with E-state index in [0.717, 1.165) is 128 Å². The number of carbonyl (C=O) groups is 5. The molecular weight excluding hydrogens is 752 g/mol. The molecule has 0 aromatic carbocycles. The van der Waals surface area contributed by atoms with Gasteiger partial charge in [0.1, 0.15) is 0 Å². The predicted octanol–water partition coefficient (Wildman–Crippen LogP) is 11.4. The summed E-state index contributed by atoms with van der Waals surface area (Å²) in [6.45, 7) is 20.0. The van der Waals surface area contributed by atoms with Crippen molar-refractivity contribution >= 4 is 29.8 Å². The Hall–Kier alpha value is -1.61.